The molecule has 0 aliphatic carbocycles. The maximum atomic E-state index is 12.9. The van der Waals surface area contributed by atoms with Crippen molar-refractivity contribution >= 4 is 17.9 Å². The van der Waals surface area contributed by atoms with Crippen molar-refractivity contribution in [2.24, 2.45) is 0 Å². The predicted octanol–water partition coefficient (Wildman–Crippen LogP) is 16.7. The number of aliphatic carboxylic acids is 1. The third-order valence-electron chi connectivity index (χ3n) is 13.2. The zero-order valence-electron chi connectivity index (χ0n) is 48.3. The molecule has 0 saturated carbocycles. The van der Waals surface area contributed by atoms with Gasteiger partial charge in [-0.2, -0.15) is 0 Å². The molecular formula is C64H115NO8. The lowest BCUT2D eigenvalue weighted by Crippen LogP contribution is -2.44. The van der Waals surface area contributed by atoms with Gasteiger partial charge in [0.2, 0.25) is 0 Å². The lowest BCUT2D eigenvalue weighted by Gasteiger charge is -2.26. The Hall–Kier alpha value is -3.01. The number of rotatable bonds is 56. The summed E-state index contributed by atoms with van der Waals surface area (Å²) in [7, 11) is 5.93. The number of likely N-dealkylation sites (N-methyl/N-ethyl adjacent to an activating group) is 1. The molecule has 9 heteroatoms. The number of quaternary nitrogens is 1. The normalized spacial score (nSPS) is 13.2. The van der Waals surface area contributed by atoms with Gasteiger partial charge in [-0.15, -0.1) is 0 Å². The Balaban J connectivity index is 4.21. The summed E-state index contributed by atoms with van der Waals surface area (Å²) in [5.74, 6) is -2.28. The fourth-order valence-electron chi connectivity index (χ4n) is 8.58. The second kappa shape index (κ2) is 55.2. The van der Waals surface area contributed by atoms with Gasteiger partial charge < -0.3 is 33.3 Å². The van der Waals surface area contributed by atoms with E-state index in [1.54, 1.807) is 0 Å². The van der Waals surface area contributed by atoms with E-state index in [2.05, 4.69) is 74.6 Å². The van der Waals surface area contributed by atoms with Crippen LogP contribution in [-0.4, -0.2) is 82.3 Å². The molecule has 0 rings (SSSR count). The van der Waals surface area contributed by atoms with E-state index >= 15 is 0 Å². The fourth-order valence-corrected chi connectivity index (χ4v) is 8.58. The standard InChI is InChI=1S/C64H115NO8/c1-6-8-10-12-14-16-18-20-22-24-26-28-30-31-33-35-37-39-41-43-45-47-49-51-53-55-62(67)73-60(59-72-64(63(68)69)70-57-56-65(3,4)5)58-71-61(66)54-52-50-48-46-44-42-40-38-36-34-32-29-27-25-23-21-19-17-15-13-11-9-7-2/h8,10,14,16,20,22,25-28,60,64H,6-7,9,11-13,15,17-19,21,23-24,29-59H2,1-5H3/b10-8-,16-14-,22-20-,27-25-,28-26-. The van der Waals surface area contributed by atoms with Gasteiger partial charge in [-0.3, -0.25) is 9.59 Å². The predicted molar refractivity (Wildman–Crippen MR) is 306 cm³/mol. The van der Waals surface area contributed by atoms with Crippen LogP contribution < -0.4 is 5.11 Å². The second-order valence-electron chi connectivity index (χ2n) is 21.6. The average Bonchev–Trinajstić information content (AvgIpc) is 3.36. The second-order valence-corrected chi connectivity index (χ2v) is 21.6. The van der Waals surface area contributed by atoms with E-state index in [0.717, 1.165) is 64.2 Å². The fraction of sp³-hybridized carbons (Fsp3) is 0.797. The quantitative estimate of drug-likeness (QED) is 0.0195. The first kappa shape index (κ1) is 70.0. The van der Waals surface area contributed by atoms with E-state index in [0.29, 0.717) is 23.9 Å². The number of ether oxygens (including phenoxy) is 4. The van der Waals surface area contributed by atoms with Crippen LogP contribution in [0, 0.1) is 0 Å². The van der Waals surface area contributed by atoms with Gasteiger partial charge in [0.05, 0.1) is 40.3 Å². The maximum Gasteiger partial charge on any atom is 0.306 e. The largest absolute Gasteiger partial charge is 0.545 e. The Morgan fingerprint density at radius 2 is 0.781 bits per heavy atom. The van der Waals surface area contributed by atoms with Crippen LogP contribution in [0.5, 0.6) is 0 Å². The highest BCUT2D eigenvalue weighted by Crippen LogP contribution is 2.16. The van der Waals surface area contributed by atoms with Crippen LogP contribution in [-0.2, 0) is 33.3 Å². The zero-order valence-corrected chi connectivity index (χ0v) is 48.3. The third-order valence-corrected chi connectivity index (χ3v) is 13.2. The van der Waals surface area contributed by atoms with E-state index < -0.39 is 24.3 Å². The van der Waals surface area contributed by atoms with Crippen molar-refractivity contribution in [1.82, 2.24) is 0 Å². The molecular weight excluding hydrogens is 911 g/mol. The molecule has 9 nitrogen and oxygen atoms in total. The molecule has 2 unspecified atom stereocenters. The Labute approximate surface area is 450 Å². The van der Waals surface area contributed by atoms with Gasteiger partial charge in [-0.25, -0.2) is 0 Å². The molecule has 0 spiro atoms. The van der Waals surface area contributed by atoms with E-state index in [4.69, 9.17) is 18.9 Å². The van der Waals surface area contributed by atoms with Gasteiger partial charge in [0.1, 0.15) is 13.2 Å². The third kappa shape index (κ3) is 56.6. The minimum atomic E-state index is -1.62. The minimum absolute atomic E-state index is 0.146. The van der Waals surface area contributed by atoms with E-state index in [-0.39, 0.29) is 32.2 Å². The molecule has 0 aromatic rings. The van der Waals surface area contributed by atoms with Crippen LogP contribution in [0.1, 0.15) is 271 Å². The first-order chi connectivity index (χ1) is 35.6. The number of carboxylic acids is 1. The zero-order chi connectivity index (χ0) is 53.4. The molecule has 0 N–H and O–H groups in total. The number of carboxylic acid groups (broad SMARTS) is 1. The van der Waals surface area contributed by atoms with Gasteiger partial charge in [0, 0.05) is 12.8 Å². The Kier molecular flexibility index (Phi) is 53.0. The van der Waals surface area contributed by atoms with Gasteiger partial charge >= 0.3 is 11.9 Å². The Bertz CT molecular complexity index is 1380. The van der Waals surface area contributed by atoms with Crippen molar-refractivity contribution in [2.75, 3.05) is 47.5 Å². The van der Waals surface area contributed by atoms with Crippen molar-refractivity contribution in [1.29, 1.82) is 0 Å². The van der Waals surface area contributed by atoms with Gasteiger partial charge in [0.15, 0.2) is 12.4 Å². The SMILES string of the molecule is CC/C=C\C/C=C\C/C=C\C/C=C\CCCCCCCCCCCCCCC(=O)OC(COC(=O)CCCCCCCCCCCCC/C=C\CCCCCCCCCC)COC(OCC[N+](C)(C)C)C(=O)[O-]. The van der Waals surface area contributed by atoms with Crippen LogP contribution in [0.2, 0.25) is 0 Å². The Morgan fingerprint density at radius 1 is 0.425 bits per heavy atom. The van der Waals surface area contributed by atoms with Gasteiger partial charge in [-0.05, 0) is 77.0 Å². The van der Waals surface area contributed by atoms with Crippen molar-refractivity contribution in [2.45, 2.75) is 283 Å². The lowest BCUT2D eigenvalue weighted by atomic mass is 10.0. The monoisotopic (exact) mass is 1030 g/mol. The van der Waals surface area contributed by atoms with E-state index in [1.807, 2.05) is 21.1 Å². The first-order valence-corrected chi connectivity index (χ1v) is 30.4. The summed E-state index contributed by atoms with van der Waals surface area (Å²) in [6, 6.07) is 0. The van der Waals surface area contributed by atoms with E-state index in [9.17, 15) is 19.5 Å². The molecule has 2 atom stereocenters. The topological polar surface area (TPSA) is 111 Å². The molecule has 0 aromatic heterocycles. The molecule has 0 aliphatic heterocycles. The molecule has 73 heavy (non-hydrogen) atoms. The van der Waals surface area contributed by atoms with Crippen LogP contribution in [0.25, 0.3) is 0 Å². The lowest BCUT2D eigenvalue weighted by molar-refractivity contribution is -0.870. The number of carbonyl (C=O) groups is 3. The molecule has 0 aliphatic rings. The van der Waals surface area contributed by atoms with E-state index in [1.165, 1.54) is 173 Å². The van der Waals surface area contributed by atoms with Crippen LogP contribution >= 0.6 is 0 Å². The van der Waals surface area contributed by atoms with Crippen molar-refractivity contribution < 1.29 is 42.9 Å². The summed E-state index contributed by atoms with van der Waals surface area (Å²) >= 11 is 0. The van der Waals surface area contributed by atoms with Gasteiger partial charge in [-0.1, -0.05) is 242 Å². The molecule has 0 fully saturated rings. The summed E-state index contributed by atoms with van der Waals surface area (Å²) in [5, 5.41) is 11.8. The van der Waals surface area contributed by atoms with Crippen LogP contribution in [0.3, 0.4) is 0 Å². The number of allylic oxidation sites excluding steroid dienone is 10. The summed E-state index contributed by atoms with van der Waals surface area (Å²) < 4.78 is 22.7. The van der Waals surface area contributed by atoms with Crippen molar-refractivity contribution in [3.8, 4) is 0 Å². The van der Waals surface area contributed by atoms with Crippen LogP contribution in [0.4, 0.5) is 0 Å². The highest BCUT2D eigenvalue weighted by atomic mass is 16.7. The average molecular weight is 1030 g/mol. The van der Waals surface area contributed by atoms with Crippen molar-refractivity contribution in [3.05, 3.63) is 60.8 Å². The molecule has 0 saturated heterocycles. The number of hydrogen-bond donors (Lipinski definition) is 0. The van der Waals surface area contributed by atoms with Crippen molar-refractivity contribution in [3.63, 3.8) is 0 Å². The summed E-state index contributed by atoms with van der Waals surface area (Å²) in [5.41, 5.74) is 0. The maximum absolute atomic E-state index is 12.9. The summed E-state index contributed by atoms with van der Waals surface area (Å²) in [6.45, 7) is 4.66. The smallest absolute Gasteiger partial charge is 0.306 e. The molecule has 0 heterocycles. The molecule has 0 radical (unpaired) electrons. The molecule has 0 aromatic carbocycles. The van der Waals surface area contributed by atoms with Gasteiger partial charge in [0.25, 0.3) is 0 Å². The number of esters is 2. The molecule has 424 valence electrons. The molecule has 0 bridgehead atoms. The van der Waals surface area contributed by atoms with Crippen LogP contribution in [0.15, 0.2) is 60.8 Å². The molecule has 0 amide bonds. The number of nitrogens with zero attached hydrogens (tertiary/aromatic N) is 1. The highest BCUT2D eigenvalue weighted by molar-refractivity contribution is 5.70. The Morgan fingerprint density at radius 3 is 1.18 bits per heavy atom. The number of unbranched alkanes of at least 4 members (excludes halogenated alkanes) is 31. The highest BCUT2D eigenvalue weighted by Gasteiger charge is 2.22. The number of hydrogen-bond acceptors (Lipinski definition) is 8. The summed E-state index contributed by atoms with van der Waals surface area (Å²) in [6.07, 6.45) is 67.0. The first-order valence-electron chi connectivity index (χ1n) is 30.4. The summed E-state index contributed by atoms with van der Waals surface area (Å²) in [4.78, 5) is 37.4. The minimum Gasteiger partial charge on any atom is -0.545 e. The number of carbonyl (C=O) groups excluding carboxylic acids is 3.